The van der Waals surface area contributed by atoms with E-state index in [0.717, 1.165) is 34.6 Å². The predicted octanol–water partition coefficient (Wildman–Crippen LogP) is 6.31. The number of carbonyl (C=O) groups excluding carboxylic acids is 1. The fourth-order valence-corrected chi connectivity index (χ4v) is 5.42. The van der Waals surface area contributed by atoms with Gasteiger partial charge in [0.05, 0.1) is 5.69 Å². The third-order valence-electron chi connectivity index (χ3n) is 6.39. The smallest absolute Gasteiger partial charge is 0.152 e. The van der Waals surface area contributed by atoms with Crippen molar-refractivity contribution in [2.45, 2.75) is 38.6 Å². The number of carbonyl (C=O) groups is 1. The van der Waals surface area contributed by atoms with E-state index in [2.05, 4.69) is 29.4 Å². The van der Waals surface area contributed by atoms with Gasteiger partial charge >= 0.3 is 0 Å². The molecule has 0 saturated heterocycles. The number of ketones is 1. The highest BCUT2D eigenvalue weighted by molar-refractivity contribution is 6.30. The van der Waals surface area contributed by atoms with Crippen molar-refractivity contribution in [3.05, 3.63) is 69.7 Å². The Bertz CT molecular complexity index is 1100. The summed E-state index contributed by atoms with van der Waals surface area (Å²) >= 11 is 12.3. The number of halogens is 2. The molecule has 2 heterocycles. The van der Waals surface area contributed by atoms with Gasteiger partial charge in [0.25, 0.3) is 0 Å². The summed E-state index contributed by atoms with van der Waals surface area (Å²) in [6, 6.07) is 15.6. The number of fused-ring (bicyclic) bond motifs is 2. The average Bonchev–Trinajstić information content (AvgIpc) is 3.10. The first-order valence-corrected chi connectivity index (χ1v) is 11.0. The monoisotopic (exact) mass is 439 g/mol. The minimum Gasteiger partial charge on any atom is -0.365 e. The fourth-order valence-electron chi connectivity index (χ4n) is 5.17. The summed E-state index contributed by atoms with van der Waals surface area (Å²) in [4.78, 5) is 13.4. The number of nitrogens with zero attached hydrogens (tertiary/aromatic N) is 1. The molecule has 3 aromatic rings. The summed E-state index contributed by atoms with van der Waals surface area (Å²) in [5.41, 5.74) is 4.01. The zero-order chi connectivity index (χ0) is 21.0. The largest absolute Gasteiger partial charge is 0.365 e. The molecule has 154 valence electrons. The van der Waals surface area contributed by atoms with Crippen molar-refractivity contribution < 1.29 is 4.79 Å². The normalized spacial score (nSPS) is 24.7. The summed E-state index contributed by atoms with van der Waals surface area (Å²) < 4.78 is 0. The van der Waals surface area contributed by atoms with Crippen molar-refractivity contribution >= 4 is 34.8 Å². The molecule has 5 rings (SSSR count). The van der Waals surface area contributed by atoms with Gasteiger partial charge in [-0.1, -0.05) is 61.3 Å². The van der Waals surface area contributed by atoms with Crippen LogP contribution < -0.4 is 5.32 Å². The van der Waals surface area contributed by atoms with E-state index in [0.29, 0.717) is 22.2 Å². The zero-order valence-electron chi connectivity index (χ0n) is 16.9. The van der Waals surface area contributed by atoms with Gasteiger partial charge < -0.3 is 5.32 Å². The predicted molar refractivity (Wildman–Crippen MR) is 121 cm³/mol. The van der Waals surface area contributed by atoms with Gasteiger partial charge in [0.2, 0.25) is 0 Å². The Morgan fingerprint density at radius 1 is 1.00 bits per heavy atom. The molecule has 0 radical (unpaired) electrons. The topological polar surface area (TPSA) is 57.8 Å². The Morgan fingerprint density at radius 3 is 2.30 bits per heavy atom. The first-order chi connectivity index (χ1) is 14.3. The van der Waals surface area contributed by atoms with Gasteiger partial charge in [-0.25, -0.2) is 0 Å². The SMILES string of the molecule is CC1(C)CC(=O)C2C(C1)Nc1n[nH]c(-c3ccc(Cl)cc3)c1C2c1ccc(Cl)cc1. The van der Waals surface area contributed by atoms with Crippen LogP contribution in [0.15, 0.2) is 48.5 Å². The Labute approximate surface area is 186 Å². The molecule has 1 fully saturated rings. The molecule has 3 unspecified atom stereocenters. The van der Waals surface area contributed by atoms with Gasteiger partial charge in [-0.05, 0) is 41.7 Å². The Morgan fingerprint density at radius 2 is 1.63 bits per heavy atom. The van der Waals surface area contributed by atoms with Crippen LogP contribution in [0.2, 0.25) is 10.0 Å². The second-order valence-corrected chi connectivity index (χ2v) is 10.1. The van der Waals surface area contributed by atoms with Gasteiger partial charge in [0, 0.05) is 45.5 Å². The third kappa shape index (κ3) is 3.32. The molecule has 2 aromatic carbocycles. The number of H-pyrrole nitrogens is 1. The second kappa shape index (κ2) is 7.14. The first kappa shape index (κ1) is 19.7. The summed E-state index contributed by atoms with van der Waals surface area (Å²) in [6.45, 7) is 4.33. The number of aromatic amines is 1. The quantitative estimate of drug-likeness (QED) is 0.491. The van der Waals surface area contributed by atoms with Crippen molar-refractivity contribution in [1.82, 2.24) is 10.2 Å². The van der Waals surface area contributed by atoms with Crippen LogP contribution in [0.4, 0.5) is 5.82 Å². The summed E-state index contributed by atoms with van der Waals surface area (Å²) in [6.07, 6.45) is 1.51. The fraction of sp³-hybridized carbons (Fsp3) is 0.333. The minimum atomic E-state index is -0.143. The summed E-state index contributed by atoms with van der Waals surface area (Å²) in [7, 11) is 0. The maximum atomic E-state index is 13.4. The lowest BCUT2D eigenvalue weighted by Gasteiger charge is -2.46. The molecule has 1 aliphatic heterocycles. The van der Waals surface area contributed by atoms with E-state index >= 15 is 0 Å². The van der Waals surface area contributed by atoms with Crippen molar-refractivity contribution in [2.24, 2.45) is 11.3 Å². The minimum absolute atomic E-state index is 0.0252. The molecule has 6 heteroatoms. The van der Waals surface area contributed by atoms with Gasteiger partial charge in [-0.2, -0.15) is 5.10 Å². The summed E-state index contributed by atoms with van der Waals surface area (Å²) in [5.74, 6) is 0.899. The van der Waals surface area contributed by atoms with E-state index in [-0.39, 0.29) is 23.3 Å². The van der Waals surface area contributed by atoms with Crippen molar-refractivity contribution in [3.63, 3.8) is 0 Å². The van der Waals surface area contributed by atoms with Crippen LogP contribution >= 0.6 is 23.2 Å². The number of hydrogen-bond acceptors (Lipinski definition) is 3. The lowest BCUT2D eigenvalue weighted by atomic mass is 9.62. The lowest BCUT2D eigenvalue weighted by Crippen LogP contribution is -2.50. The van der Waals surface area contributed by atoms with Crippen LogP contribution in [0.25, 0.3) is 11.3 Å². The number of nitrogens with one attached hydrogen (secondary N) is 2. The molecule has 0 amide bonds. The van der Waals surface area contributed by atoms with E-state index in [4.69, 9.17) is 23.2 Å². The number of Topliss-reactive ketones (excluding diaryl/α,β-unsaturated/α-hetero) is 1. The first-order valence-electron chi connectivity index (χ1n) is 10.2. The highest BCUT2D eigenvalue weighted by atomic mass is 35.5. The highest BCUT2D eigenvalue weighted by Crippen LogP contribution is 2.51. The number of anilines is 1. The molecular weight excluding hydrogens is 417 g/mol. The van der Waals surface area contributed by atoms with Gasteiger partial charge in [0.1, 0.15) is 5.78 Å². The number of benzene rings is 2. The number of aromatic nitrogens is 2. The highest BCUT2D eigenvalue weighted by Gasteiger charge is 2.49. The van der Waals surface area contributed by atoms with Gasteiger partial charge in [0.15, 0.2) is 5.82 Å². The van der Waals surface area contributed by atoms with Crippen molar-refractivity contribution in [2.75, 3.05) is 5.32 Å². The van der Waals surface area contributed by atoms with Crippen LogP contribution in [0.1, 0.15) is 43.7 Å². The average molecular weight is 440 g/mol. The second-order valence-electron chi connectivity index (χ2n) is 9.19. The van der Waals surface area contributed by atoms with E-state index in [1.807, 2.05) is 48.5 Å². The van der Waals surface area contributed by atoms with Crippen LogP contribution in [0.3, 0.4) is 0 Å². The van der Waals surface area contributed by atoms with E-state index in [9.17, 15) is 4.79 Å². The molecule has 2 N–H and O–H groups in total. The van der Waals surface area contributed by atoms with Gasteiger partial charge in [-0.3, -0.25) is 9.89 Å². The van der Waals surface area contributed by atoms with Crippen LogP contribution in [-0.2, 0) is 4.79 Å². The molecule has 2 aliphatic rings. The zero-order valence-corrected chi connectivity index (χ0v) is 18.4. The van der Waals surface area contributed by atoms with Crippen molar-refractivity contribution in [3.8, 4) is 11.3 Å². The van der Waals surface area contributed by atoms with Gasteiger partial charge in [-0.15, -0.1) is 0 Å². The van der Waals surface area contributed by atoms with Crippen LogP contribution in [0, 0.1) is 11.3 Å². The molecular formula is C24H23Cl2N3O. The van der Waals surface area contributed by atoms with Crippen LogP contribution in [-0.4, -0.2) is 22.0 Å². The van der Waals surface area contributed by atoms with E-state index < -0.39 is 0 Å². The molecule has 1 aromatic heterocycles. The van der Waals surface area contributed by atoms with E-state index in [1.165, 1.54) is 0 Å². The number of rotatable bonds is 2. The molecule has 0 bridgehead atoms. The molecule has 30 heavy (non-hydrogen) atoms. The Hall–Kier alpha value is -2.30. The Kier molecular flexibility index (Phi) is 4.68. The molecule has 1 aliphatic carbocycles. The molecule has 4 nitrogen and oxygen atoms in total. The third-order valence-corrected chi connectivity index (χ3v) is 6.89. The molecule has 1 saturated carbocycles. The molecule has 0 spiro atoms. The summed E-state index contributed by atoms with van der Waals surface area (Å²) in [5, 5.41) is 12.8. The maximum absolute atomic E-state index is 13.4. The maximum Gasteiger partial charge on any atom is 0.152 e. The molecule has 3 atom stereocenters. The van der Waals surface area contributed by atoms with Crippen molar-refractivity contribution in [1.29, 1.82) is 0 Å². The lowest BCUT2D eigenvalue weighted by molar-refractivity contribution is -0.128. The Balaban J connectivity index is 1.69. The van der Waals surface area contributed by atoms with Crippen LogP contribution in [0.5, 0.6) is 0 Å². The standard InChI is InChI=1S/C24H23Cl2N3O/c1-24(2)11-17-20(18(30)12-24)19(13-3-7-15(25)8-4-13)21-22(28-29-23(21)27-17)14-5-9-16(26)10-6-14/h3-10,17,19-20H,11-12H2,1-2H3,(H2,27,28,29). The van der Waals surface area contributed by atoms with E-state index in [1.54, 1.807) is 0 Å². The number of hydrogen-bond donors (Lipinski definition) is 2.